The Bertz CT molecular complexity index is 962. The average Bonchev–Trinajstić information content (AvgIpc) is 3.14. The second-order valence-electron chi connectivity index (χ2n) is 8.45. The van der Waals surface area contributed by atoms with Gasteiger partial charge in [-0.2, -0.15) is 0 Å². The van der Waals surface area contributed by atoms with Gasteiger partial charge in [0, 0.05) is 33.7 Å². The van der Waals surface area contributed by atoms with Crippen molar-refractivity contribution in [2.75, 3.05) is 46.9 Å². The number of rotatable bonds is 6. The van der Waals surface area contributed by atoms with E-state index in [0.29, 0.717) is 43.3 Å². The number of ketones is 1. The van der Waals surface area contributed by atoms with E-state index in [1.165, 1.54) is 12.1 Å². The van der Waals surface area contributed by atoms with Crippen molar-refractivity contribution in [2.24, 2.45) is 11.3 Å². The Labute approximate surface area is 181 Å². The van der Waals surface area contributed by atoms with Crippen molar-refractivity contribution in [3.63, 3.8) is 0 Å². The number of carbonyl (C=O) groups excluding carboxylic acids is 2. The van der Waals surface area contributed by atoms with Crippen LogP contribution in [0.15, 0.2) is 48.5 Å². The van der Waals surface area contributed by atoms with Gasteiger partial charge in [0.15, 0.2) is 5.78 Å². The van der Waals surface area contributed by atoms with Gasteiger partial charge in [0.1, 0.15) is 23.9 Å². The number of halogens is 1. The van der Waals surface area contributed by atoms with E-state index in [9.17, 15) is 14.0 Å². The number of ether oxygens (including phenoxy) is 2. The molecule has 1 spiro atoms. The van der Waals surface area contributed by atoms with Gasteiger partial charge in [0.2, 0.25) is 5.91 Å². The lowest BCUT2D eigenvalue weighted by Gasteiger charge is -2.37. The molecule has 4 rings (SSSR count). The standard InChI is InChI=1S/C24H27FN2O4/c1-26(2)23(29)20-14-27(12-5-13-30-18-10-8-17(25)9-11-18)15-24(20)16-31-21-7-4-3-6-19(21)22(24)28/h3-4,6-11,20H,5,12-16H2,1-2H3/t20-,24-/m1/s1. The molecule has 0 unspecified atom stereocenters. The smallest absolute Gasteiger partial charge is 0.227 e. The Hall–Kier alpha value is -2.93. The number of nitrogens with zero attached hydrogens (tertiary/aromatic N) is 2. The van der Waals surface area contributed by atoms with Crippen LogP contribution in [0.3, 0.4) is 0 Å². The zero-order valence-electron chi connectivity index (χ0n) is 17.8. The molecule has 0 bridgehead atoms. The summed E-state index contributed by atoms with van der Waals surface area (Å²) in [7, 11) is 3.44. The molecule has 2 atom stereocenters. The van der Waals surface area contributed by atoms with Crippen molar-refractivity contribution in [1.29, 1.82) is 0 Å². The minimum Gasteiger partial charge on any atom is -0.494 e. The SMILES string of the molecule is CN(C)C(=O)[C@H]1CN(CCCOc2ccc(F)cc2)C[C@@]12COc1ccccc1C2=O. The van der Waals surface area contributed by atoms with Crippen LogP contribution in [0.25, 0.3) is 0 Å². The van der Waals surface area contributed by atoms with Crippen LogP contribution in [0, 0.1) is 17.2 Å². The summed E-state index contributed by atoms with van der Waals surface area (Å²) >= 11 is 0. The molecule has 2 aromatic carbocycles. The molecule has 6 nitrogen and oxygen atoms in total. The molecule has 2 heterocycles. The maximum absolute atomic E-state index is 13.5. The summed E-state index contributed by atoms with van der Waals surface area (Å²) in [6, 6.07) is 13.2. The van der Waals surface area contributed by atoms with E-state index >= 15 is 0 Å². The van der Waals surface area contributed by atoms with Crippen LogP contribution in [0.4, 0.5) is 4.39 Å². The van der Waals surface area contributed by atoms with Gasteiger partial charge >= 0.3 is 0 Å². The summed E-state index contributed by atoms with van der Waals surface area (Å²) in [6.07, 6.45) is 0.724. The third kappa shape index (κ3) is 4.14. The van der Waals surface area contributed by atoms with E-state index in [2.05, 4.69) is 4.90 Å². The van der Waals surface area contributed by atoms with Crippen LogP contribution in [-0.4, -0.2) is 68.4 Å². The number of likely N-dealkylation sites (tertiary alicyclic amines) is 1. The zero-order chi connectivity index (χ0) is 22.0. The molecular formula is C24H27FN2O4. The summed E-state index contributed by atoms with van der Waals surface area (Å²) in [4.78, 5) is 30.2. The molecule has 0 saturated carbocycles. The van der Waals surface area contributed by atoms with E-state index in [0.717, 1.165) is 6.42 Å². The van der Waals surface area contributed by atoms with Crippen molar-refractivity contribution >= 4 is 11.7 Å². The van der Waals surface area contributed by atoms with Crippen molar-refractivity contribution in [3.05, 3.63) is 59.9 Å². The van der Waals surface area contributed by atoms with E-state index in [4.69, 9.17) is 9.47 Å². The lowest BCUT2D eigenvalue weighted by molar-refractivity contribution is -0.135. The molecule has 1 saturated heterocycles. The highest BCUT2D eigenvalue weighted by Gasteiger charge is 2.57. The van der Waals surface area contributed by atoms with Crippen LogP contribution < -0.4 is 9.47 Å². The van der Waals surface area contributed by atoms with Crippen LogP contribution >= 0.6 is 0 Å². The fourth-order valence-electron chi connectivity index (χ4n) is 4.51. The van der Waals surface area contributed by atoms with Crippen LogP contribution in [-0.2, 0) is 4.79 Å². The molecule has 1 amide bonds. The first-order valence-corrected chi connectivity index (χ1v) is 10.5. The lowest BCUT2D eigenvalue weighted by Crippen LogP contribution is -2.51. The molecule has 31 heavy (non-hydrogen) atoms. The quantitative estimate of drug-likeness (QED) is 0.665. The summed E-state index contributed by atoms with van der Waals surface area (Å²) in [5.74, 6) is 0.377. The Kier molecular flexibility index (Phi) is 5.96. The van der Waals surface area contributed by atoms with Crippen molar-refractivity contribution < 1.29 is 23.5 Å². The normalized spacial score (nSPS) is 22.8. The molecule has 0 aliphatic carbocycles. The third-order valence-corrected chi connectivity index (χ3v) is 6.12. The topological polar surface area (TPSA) is 59.1 Å². The first-order chi connectivity index (χ1) is 14.9. The molecule has 2 aromatic rings. The van der Waals surface area contributed by atoms with E-state index in [-0.39, 0.29) is 24.1 Å². The zero-order valence-corrected chi connectivity index (χ0v) is 17.8. The fraction of sp³-hybridized carbons (Fsp3) is 0.417. The van der Waals surface area contributed by atoms with Gasteiger partial charge < -0.3 is 19.3 Å². The number of para-hydroxylation sites is 1. The minimum atomic E-state index is -0.881. The van der Waals surface area contributed by atoms with Gasteiger partial charge in [-0.1, -0.05) is 12.1 Å². The van der Waals surface area contributed by atoms with E-state index in [1.807, 2.05) is 12.1 Å². The van der Waals surface area contributed by atoms with Gasteiger partial charge in [-0.25, -0.2) is 4.39 Å². The van der Waals surface area contributed by atoms with Gasteiger partial charge in [0.25, 0.3) is 0 Å². The first kappa shape index (κ1) is 21.3. The maximum atomic E-state index is 13.5. The predicted molar refractivity (Wildman–Crippen MR) is 114 cm³/mol. The highest BCUT2D eigenvalue weighted by molar-refractivity contribution is 6.06. The summed E-state index contributed by atoms with van der Waals surface area (Å²) in [5, 5.41) is 0. The van der Waals surface area contributed by atoms with Crippen molar-refractivity contribution in [2.45, 2.75) is 6.42 Å². The van der Waals surface area contributed by atoms with Gasteiger partial charge in [0.05, 0.1) is 23.5 Å². The van der Waals surface area contributed by atoms with Gasteiger partial charge in [-0.05, 0) is 42.8 Å². The number of Topliss-reactive ketones (excluding diaryl/α,β-unsaturated/α-hetero) is 1. The predicted octanol–water partition coefficient (Wildman–Crippen LogP) is 2.88. The summed E-state index contributed by atoms with van der Waals surface area (Å²) in [5.41, 5.74) is -0.333. The second kappa shape index (κ2) is 8.67. The highest BCUT2D eigenvalue weighted by Crippen LogP contribution is 2.45. The number of amides is 1. The van der Waals surface area contributed by atoms with Gasteiger partial charge in [-0.15, -0.1) is 0 Å². The number of benzene rings is 2. The first-order valence-electron chi connectivity index (χ1n) is 10.5. The third-order valence-electron chi connectivity index (χ3n) is 6.12. The van der Waals surface area contributed by atoms with E-state index in [1.54, 1.807) is 43.3 Å². The molecule has 2 aliphatic rings. The monoisotopic (exact) mass is 426 g/mol. The molecular weight excluding hydrogens is 399 g/mol. The molecule has 0 N–H and O–H groups in total. The number of carbonyl (C=O) groups is 2. The minimum absolute atomic E-state index is 0.0142. The number of hydrogen-bond acceptors (Lipinski definition) is 5. The molecule has 7 heteroatoms. The molecule has 0 aromatic heterocycles. The van der Waals surface area contributed by atoms with Crippen molar-refractivity contribution in [3.8, 4) is 11.5 Å². The summed E-state index contributed by atoms with van der Waals surface area (Å²) < 4.78 is 24.6. The molecule has 2 aliphatic heterocycles. The molecule has 0 radical (unpaired) electrons. The largest absolute Gasteiger partial charge is 0.494 e. The summed E-state index contributed by atoms with van der Waals surface area (Å²) in [6.45, 7) is 2.34. The van der Waals surface area contributed by atoms with Crippen LogP contribution in [0.1, 0.15) is 16.8 Å². The Morgan fingerprint density at radius 1 is 1.23 bits per heavy atom. The lowest BCUT2D eigenvalue weighted by atomic mass is 9.71. The van der Waals surface area contributed by atoms with Gasteiger partial charge in [-0.3, -0.25) is 9.59 Å². The molecule has 164 valence electrons. The highest BCUT2D eigenvalue weighted by atomic mass is 19.1. The van der Waals surface area contributed by atoms with Crippen LogP contribution in [0.5, 0.6) is 11.5 Å². The van der Waals surface area contributed by atoms with E-state index < -0.39 is 11.3 Å². The Morgan fingerprint density at radius 2 is 1.97 bits per heavy atom. The maximum Gasteiger partial charge on any atom is 0.227 e. The molecule has 1 fully saturated rings. The second-order valence-corrected chi connectivity index (χ2v) is 8.45. The van der Waals surface area contributed by atoms with Crippen LogP contribution in [0.2, 0.25) is 0 Å². The van der Waals surface area contributed by atoms with Crippen molar-refractivity contribution in [1.82, 2.24) is 9.80 Å². The average molecular weight is 426 g/mol. The Morgan fingerprint density at radius 3 is 2.71 bits per heavy atom. The fourth-order valence-corrected chi connectivity index (χ4v) is 4.51. The number of hydrogen-bond donors (Lipinski definition) is 0. The number of fused-ring (bicyclic) bond motifs is 1. The Balaban J connectivity index is 1.45.